The molecule has 1 aromatic heterocycles. The lowest BCUT2D eigenvalue weighted by atomic mass is 10.1. The summed E-state index contributed by atoms with van der Waals surface area (Å²) in [6.45, 7) is 2.01. The van der Waals surface area contributed by atoms with Crippen LogP contribution in [-0.4, -0.2) is 16.0 Å². The molecule has 0 fully saturated rings. The number of hydrogen-bond donors (Lipinski definition) is 1. The van der Waals surface area contributed by atoms with E-state index in [1.807, 2.05) is 61.5 Å². The maximum absolute atomic E-state index is 12.9. The van der Waals surface area contributed by atoms with Crippen LogP contribution in [0.3, 0.4) is 0 Å². The van der Waals surface area contributed by atoms with E-state index in [9.17, 15) is 4.79 Å². The quantitative estimate of drug-likeness (QED) is 0.455. The fraction of sp³-hybridized carbons (Fsp3) is 0.125. The first-order valence-electron chi connectivity index (χ1n) is 9.60. The summed E-state index contributed by atoms with van der Waals surface area (Å²) in [5, 5.41) is 7.51. The highest BCUT2D eigenvalue weighted by Gasteiger charge is 2.23. The molecule has 0 saturated heterocycles. The number of amides is 1. The van der Waals surface area contributed by atoms with Crippen LogP contribution in [-0.2, 0) is 6.42 Å². The van der Waals surface area contributed by atoms with Crippen molar-refractivity contribution in [3.63, 3.8) is 0 Å². The summed E-state index contributed by atoms with van der Waals surface area (Å²) in [4.78, 5) is 17.4. The van der Waals surface area contributed by atoms with Crippen molar-refractivity contribution < 1.29 is 9.32 Å². The average Bonchev–Trinajstić information content (AvgIpc) is 3.25. The Hall–Kier alpha value is -3.44. The normalized spacial score (nSPS) is 11.8. The molecule has 0 aliphatic heterocycles. The van der Waals surface area contributed by atoms with Gasteiger partial charge < -0.3 is 9.84 Å². The maximum atomic E-state index is 12.9. The Labute approximate surface area is 179 Å². The van der Waals surface area contributed by atoms with Crippen LogP contribution in [0.2, 0.25) is 5.02 Å². The molecule has 1 heterocycles. The van der Waals surface area contributed by atoms with E-state index in [2.05, 4.69) is 15.5 Å². The van der Waals surface area contributed by atoms with Gasteiger partial charge in [-0.2, -0.15) is 4.98 Å². The number of aromatic nitrogens is 2. The Morgan fingerprint density at radius 2 is 1.80 bits per heavy atom. The molecule has 4 aromatic rings. The highest BCUT2D eigenvalue weighted by Crippen LogP contribution is 2.23. The van der Waals surface area contributed by atoms with Gasteiger partial charge in [-0.25, -0.2) is 0 Å². The monoisotopic (exact) mass is 417 g/mol. The maximum Gasteiger partial charge on any atom is 0.253 e. The van der Waals surface area contributed by atoms with Gasteiger partial charge in [0.2, 0.25) is 11.7 Å². The summed E-state index contributed by atoms with van der Waals surface area (Å²) in [6, 6.07) is 24.1. The number of carbonyl (C=O) groups excluding carboxylic acids is 1. The lowest BCUT2D eigenvalue weighted by Crippen LogP contribution is -2.30. The number of hydrogen-bond acceptors (Lipinski definition) is 4. The minimum absolute atomic E-state index is 0.295. The molecule has 1 unspecified atom stereocenters. The third kappa shape index (κ3) is 4.58. The van der Waals surface area contributed by atoms with Crippen molar-refractivity contribution in [1.29, 1.82) is 0 Å². The third-order valence-electron chi connectivity index (χ3n) is 4.72. The molecule has 0 bridgehead atoms. The van der Waals surface area contributed by atoms with Gasteiger partial charge in [0.25, 0.3) is 5.91 Å². The molecule has 150 valence electrons. The molecule has 6 heteroatoms. The second-order valence-corrected chi connectivity index (χ2v) is 7.43. The highest BCUT2D eigenvalue weighted by molar-refractivity contribution is 6.33. The number of benzene rings is 3. The van der Waals surface area contributed by atoms with Crippen LogP contribution in [0.5, 0.6) is 0 Å². The molecule has 0 radical (unpaired) electrons. The van der Waals surface area contributed by atoms with Gasteiger partial charge in [-0.15, -0.1) is 0 Å². The van der Waals surface area contributed by atoms with Gasteiger partial charge in [-0.3, -0.25) is 4.79 Å². The van der Waals surface area contributed by atoms with E-state index in [0.717, 1.165) is 16.7 Å². The van der Waals surface area contributed by atoms with Crippen LogP contribution in [0.1, 0.15) is 33.4 Å². The molecule has 1 N–H and O–H groups in total. The molecule has 3 aromatic carbocycles. The zero-order valence-corrected chi connectivity index (χ0v) is 17.1. The summed E-state index contributed by atoms with van der Waals surface area (Å²) in [6.07, 6.45) is 0.506. The molecule has 30 heavy (non-hydrogen) atoms. The number of carbonyl (C=O) groups is 1. The van der Waals surface area contributed by atoms with Crippen LogP contribution in [0.4, 0.5) is 0 Å². The fourth-order valence-electron chi connectivity index (χ4n) is 3.21. The minimum Gasteiger partial charge on any atom is -0.340 e. The van der Waals surface area contributed by atoms with Gasteiger partial charge in [0.1, 0.15) is 6.04 Å². The van der Waals surface area contributed by atoms with Gasteiger partial charge in [0, 0.05) is 12.0 Å². The van der Waals surface area contributed by atoms with E-state index in [1.54, 1.807) is 24.3 Å². The molecule has 5 nitrogen and oxygen atoms in total. The zero-order chi connectivity index (χ0) is 20.9. The van der Waals surface area contributed by atoms with E-state index >= 15 is 0 Å². The predicted molar refractivity (Wildman–Crippen MR) is 116 cm³/mol. The third-order valence-corrected chi connectivity index (χ3v) is 5.05. The number of aryl methyl sites for hydroxylation is 1. The van der Waals surface area contributed by atoms with Gasteiger partial charge in [0.15, 0.2) is 0 Å². The molecular formula is C24H20ClN3O2. The molecule has 1 amide bonds. The van der Waals surface area contributed by atoms with Crippen LogP contribution in [0.25, 0.3) is 11.4 Å². The van der Waals surface area contributed by atoms with Crippen LogP contribution in [0, 0.1) is 6.92 Å². The second kappa shape index (κ2) is 8.93. The summed E-state index contributed by atoms with van der Waals surface area (Å²) < 4.78 is 5.55. The summed E-state index contributed by atoms with van der Waals surface area (Å²) in [7, 11) is 0. The first-order valence-corrected chi connectivity index (χ1v) is 9.98. The molecule has 0 aliphatic carbocycles. The van der Waals surface area contributed by atoms with Crippen molar-refractivity contribution >= 4 is 17.5 Å². The molecular weight excluding hydrogens is 398 g/mol. The molecule has 0 aliphatic rings. The lowest BCUT2D eigenvalue weighted by molar-refractivity contribution is 0.0928. The van der Waals surface area contributed by atoms with Crippen molar-refractivity contribution in [3.05, 3.63) is 106 Å². The van der Waals surface area contributed by atoms with Crippen LogP contribution in [0.15, 0.2) is 83.4 Å². The number of nitrogens with one attached hydrogen (secondary N) is 1. The van der Waals surface area contributed by atoms with E-state index in [1.165, 1.54) is 0 Å². The van der Waals surface area contributed by atoms with Gasteiger partial charge in [-0.05, 0) is 30.7 Å². The van der Waals surface area contributed by atoms with Crippen LogP contribution >= 0.6 is 11.6 Å². The molecule has 0 spiro atoms. The fourth-order valence-corrected chi connectivity index (χ4v) is 3.43. The number of rotatable bonds is 6. The second-order valence-electron chi connectivity index (χ2n) is 7.02. The van der Waals surface area contributed by atoms with Crippen molar-refractivity contribution in [2.45, 2.75) is 19.4 Å². The summed E-state index contributed by atoms with van der Waals surface area (Å²) in [5.74, 6) is 0.534. The first kappa shape index (κ1) is 19.9. The van der Waals surface area contributed by atoms with Crippen LogP contribution < -0.4 is 5.32 Å². The summed E-state index contributed by atoms with van der Waals surface area (Å²) >= 11 is 6.20. The van der Waals surface area contributed by atoms with E-state index in [0.29, 0.717) is 28.7 Å². The van der Waals surface area contributed by atoms with Crippen molar-refractivity contribution in [3.8, 4) is 11.4 Å². The Morgan fingerprint density at radius 1 is 1.03 bits per heavy atom. The number of halogens is 1. The molecule has 0 saturated carbocycles. The van der Waals surface area contributed by atoms with Gasteiger partial charge >= 0.3 is 0 Å². The zero-order valence-electron chi connectivity index (χ0n) is 16.4. The Balaban J connectivity index is 1.64. The Morgan fingerprint density at radius 3 is 2.57 bits per heavy atom. The SMILES string of the molecule is Cc1cccc(-c2noc(C(Cc3ccccc3)NC(=O)c3ccccc3Cl)n2)c1. The Kier molecular flexibility index (Phi) is 5.91. The smallest absolute Gasteiger partial charge is 0.253 e. The predicted octanol–water partition coefficient (Wildman–Crippen LogP) is 5.41. The number of nitrogens with zero attached hydrogens (tertiary/aromatic N) is 2. The standard InChI is InChI=1S/C24H20ClN3O2/c1-16-8-7-11-18(14-16)22-27-24(30-28-22)21(15-17-9-3-2-4-10-17)26-23(29)19-12-5-6-13-20(19)25/h2-14,21H,15H2,1H3,(H,26,29). The minimum atomic E-state index is -0.498. The van der Waals surface area contributed by atoms with Crippen molar-refractivity contribution in [2.75, 3.05) is 0 Å². The molecule has 1 atom stereocenters. The summed E-state index contributed by atoms with van der Waals surface area (Å²) in [5.41, 5.74) is 3.40. The topological polar surface area (TPSA) is 68.0 Å². The highest BCUT2D eigenvalue weighted by atomic mass is 35.5. The molecule has 4 rings (SSSR count). The average molecular weight is 418 g/mol. The van der Waals surface area contributed by atoms with Gasteiger partial charge in [-0.1, -0.05) is 83.0 Å². The Bertz CT molecular complexity index is 1160. The van der Waals surface area contributed by atoms with Crippen molar-refractivity contribution in [1.82, 2.24) is 15.5 Å². The van der Waals surface area contributed by atoms with E-state index in [-0.39, 0.29) is 5.91 Å². The van der Waals surface area contributed by atoms with Crippen molar-refractivity contribution in [2.24, 2.45) is 0 Å². The largest absolute Gasteiger partial charge is 0.340 e. The first-order chi connectivity index (χ1) is 14.6. The van der Waals surface area contributed by atoms with E-state index < -0.39 is 6.04 Å². The lowest BCUT2D eigenvalue weighted by Gasteiger charge is -2.16. The van der Waals surface area contributed by atoms with E-state index in [4.69, 9.17) is 16.1 Å². The van der Waals surface area contributed by atoms with Gasteiger partial charge in [0.05, 0.1) is 10.6 Å².